The van der Waals surface area contributed by atoms with Crippen LogP contribution in [0.3, 0.4) is 0 Å². The number of hydrogen-bond acceptors (Lipinski definition) is 3. The first-order valence-electron chi connectivity index (χ1n) is 6.10. The van der Waals surface area contributed by atoms with E-state index >= 15 is 0 Å². The summed E-state index contributed by atoms with van der Waals surface area (Å²) in [7, 11) is 0. The SMILES string of the molecule is CC(=O)NCc1cc2cc(Cl)c(-c3ccsn3)cc2[nH]1. The smallest absolute Gasteiger partial charge is 0.217 e. The van der Waals surface area contributed by atoms with E-state index in [1.165, 1.54) is 18.5 Å². The second kappa shape index (κ2) is 5.26. The molecule has 102 valence electrons. The highest BCUT2D eigenvalue weighted by atomic mass is 35.5. The summed E-state index contributed by atoms with van der Waals surface area (Å²) in [5, 5.41) is 6.39. The molecule has 0 aliphatic carbocycles. The summed E-state index contributed by atoms with van der Waals surface area (Å²) >= 11 is 7.71. The van der Waals surface area contributed by atoms with E-state index in [4.69, 9.17) is 11.6 Å². The summed E-state index contributed by atoms with van der Waals surface area (Å²) < 4.78 is 4.31. The van der Waals surface area contributed by atoms with Crippen molar-refractivity contribution in [3.05, 3.63) is 40.4 Å². The van der Waals surface area contributed by atoms with Gasteiger partial charge in [-0.25, -0.2) is 0 Å². The monoisotopic (exact) mass is 305 g/mol. The zero-order valence-corrected chi connectivity index (χ0v) is 12.3. The van der Waals surface area contributed by atoms with Gasteiger partial charge >= 0.3 is 0 Å². The number of halogens is 1. The van der Waals surface area contributed by atoms with Crippen molar-refractivity contribution in [1.29, 1.82) is 0 Å². The highest BCUT2D eigenvalue weighted by Crippen LogP contribution is 2.32. The Bertz CT molecular complexity index is 764. The van der Waals surface area contributed by atoms with Gasteiger partial charge in [0.05, 0.1) is 17.3 Å². The summed E-state index contributed by atoms with van der Waals surface area (Å²) in [6, 6.07) is 7.84. The van der Waals surface area contributed by atoms with Gasteiger partial charge in [-0.1, -0.05) is 11.6 Å². The first kappa shape index (κ1) is 13.1. The molecular formula is C14H12ClN3OS. The normalized spacial score (nSPS) is 10.9. The third kappa shape index (κ3) is 2.55. The second-order valence-corrected chi connectivity index (χ2v) is 5.58. The number of hydrogen-bond donors (Lipinski definition) is 2. The predicted octanol–water partition coefficient (Wildman–Crippen LogP) is 3.58. The molecule has 0 saturated heterocycles. The number of carbonyl (C=O) groups excluding carboxylic acids is 1. The van der Waals surface area contributed by atoms with Gasteiger partial charge in [-0.05, 0) is 35.8 Å². The third-order valence-electron chi connectivity index (χ3n) is 3.01. The topological polar surface area (TPSA) is 57.8 Å². The standard InChI is InChI=1S/C14H12ClN3OS/c1-8(19)16-7-10-4-9-5-12(15)11(6-14(9)17-10)13-2-3-20-18-13/h2-6,17H,7H2,1H3,(H,16,19). The lowest BCUT2D eigenvalue weighted by atomic mass is 10.1. The van der Waals surface area contributed by atoms with E-state index in [0.29, 0.717) is 11.6 Å². The summed E-state index contributed by atoms with van der Waals surface area (Å²) in [4.78, 5) is 14.2. The van der Waals surface area contributed by atoms with Crippen LogP contribution in [0.2, 0.25) is 5.02 Å². The van der Waals surface area contributed by atoms with Crippen molar-refractivity contribution >= 4 is 39.9 Å². The number of rotatable bonds is 3. The number of aromatic nitrogens is 2. The van der Waals surface area contributed by atoms with Crippen molar-refractivity contribution < 1.29 is 4.79 Å². The zero-order chi connectivity index (χ0) is 14.1. The van der Waals surface area contributed by atoms with Crippen molar-refractivity contribution in [2.45, 2.75) is 13.5 Å². The summed E-state index contributed by atoms with van der Waals surface area (Å²) in [5.41, 5.74) is 3.72. The van der Waals surface area contributed by atoms with E-state index < -0.39 is 0 Å². The minimum atomic E-state index is -0.0511. The number of fused-ring (bicyclic) bond motifs is 1. The van der Waals surface area contributed by atoms with Crippen LogP contribution in [0.1, 0.15) is 12.6 Å². The number of carbonyl (C=O) groups is 1. The largest absolute Gasteiger partial charge is 0.357 e. The fourth-order valence-corrected chi connectivity index (χ4v) is 2.87. The van der Waals surface area contributed by atoms with Crippen molar-refractivity contribution in [3.8, 4) is 11.3 Å². The number of benzene rings is 1. The Labute approximate surface area is 124 Å². The molecule has 0 atom stereocenters. The molecule has 1 aromatic carbocycles. The first-order valence-corrected chi connectivity index (χ1v) is 7.31. The molecule has 0 aliphatic rings. The minimum Gasteiger partial charge on any atom is -0.357 e. The summed E-state index contributed by atoms with van der Waals surface area (Å²) in [5.74, 6) is -0.0511. The number of nitrogens with one attached hydrogen (secondary N) is 2. The Kier molecular flexibility index (Phi) is 3.46. The molecule has 3 rings (SSSR count). The third-order valence-corrected chi connectivity index (χ3v) is 3.88. The Morgan fingerprint density at radius 1 is 1.45 bits per heavy atom. The molecule has 0 spiro atoms. The Morgan fingerprint density at radius 3 is 3.00 bits per heavy atom. The molecule has 0 bridgehead atoms. The van der Waals surface area contributed by atoms with E-state index in [-0.39, 0.29) is 5.91 Å². The number of aromatic amines is 1. The molecule has 0 radical (unpaired) electrons. The highest BCUT2D eigenvalue weighted by molar-refractivity contribution is 7.03. The minimum absolute atomic E-state index is 0.0511. The van der Waals surface area contributed by atoms with Gasteiger partial charge in [0, 0.05) is 34.5 Å². The molecule has 20 heavy (non-hydrogen) atoms. The first-order chi connectivity index (χ1) is 9.63. The fourth-order valence-electron chi connectivity index (χ4n) is 2.08. The molecule has 0 saturated carbocycles. The van der Waals surface area contributed by atoms with Crippen molar-refractivity contribution in [2.24, 2.45) is 0 Å². The van der Waals surface area contributed by atoms with E-state index in [0.717, 1.165) is 27.9 Å². The zero-order valence-electron chi connectivity index (χ0n) is 10.7. The van der Waals surface area contributed by atoms with Crippen LogP contribution >= 0.6 is 23.1 Å². The molecule has 1 amide bonds. The van der Waals surface area contributed by atoms with Crippen molar-refractivity contribution in [2.75, 3.05) is 0 Å². The molecule has 2 aromatic heterocycles. The van der Waals surface area contributed by atoms with E-state index in [9.17, 15) is 4.79 Å². The molecule has 0 unspecified atom stereocenters. The predicted molar refractivity (Wildman–Crippen MR) is 81.9 cm³/mol. The molecule has 2 N–H and O–H groups in total. The molecule has 4 nitrogen and oxygen atoms in total. The van der Waals surface area contributed by atoms with E-state index in [1.54, 1.807) is 0 Å². The average molecular weight is 306 g/mol. The number of amides is 1. The number of nitrogens with zero attached hydrogens (tertiary/aromatic N) is 1. The molecular weight excluding hydrogens is 294 g/mol. The van der Waals surface area contributed by atoms with Gasteiger partial charge in [0.2, 0.25) is 5.91 Å². The van der Waals surface area contributed by atoms with Gasteiger partial charge < -0.3 is 10.3 Å². The van der Waals surface area contributed by atoms with Crippen LogP contribution in [0.25, 0.3) is 22.2 Å². The lowest BCUT2D eigenvalue weighted by Crippen LogP contribution is -2.18. The van der Waals surface area contributed by atoms with Gasteiger partial charge in [0.1, 0.15) is 0 Å². The highest BCUT2D eigenvalue weighted by Gasteiger charge is 2.10. The Morgan fingerprint density at radius 2 is 2.30 bits per heavy atom. The van der Waals surface area contributed by atoms with Crippen LogP contribution in [0.15, 0.2) is 29.6 Å². The van der Waals surface area contributed by atoms with Crippen LogP contribution in [0.4, 0.5) is 0 Å². The molecule has 0 aliphatic heterocycles. The van der Waals surface area contributed by atoms with Gasteiger partial charge in [-0.15, -0.1) is 0 Å². The van der Waals surface area contributed by atoms with Crippen LogP contribution in [-0.2, 0) is 11.3 Å². The Balaban J connectivity index is 2.00. The van der Waals surface area contributed by atoms with Crippen LogP contribution in [-0.4, -0.2) is 15.3 Å². The lowest BCUT2D eigenvalue weighted by Gasteiger charge is -2.01. The van der Waals surface area contributed by atoms with Crippen molar-refractivity contribution in [1.82, 2.24) is 14.7 Å². The van der Waals surface area contributed by atoms with Gasteiger partial charge in [-0.3, -0.25) is 4.79 Å². The van der Waals surface area contributed by atoms with Gasteiger partial charge in [0.15, 0.2) is 0 Å². The summed E-state index contributed by atoms with van der Waals surface area (Å²) in [6.45, 7) is 1.98. The fraction of sp³-hybridized carbons (Fsp3) is 0.143. The van der Waals surface area contributed by atoms with Crippen LogP contribution in [0, 0.1) is 0 Å². The van der Waals surface area contributed by atoms with Gasteiger partial charge in [0.25, 0.3) is 0 Å². The maximum atomic E-state index is 10.9. The lowest BCUT2D eigenvalue weighted by molar-refractivity contribution is -0.119. The van der Waals surface area contributed by atoms with Crippen LogP contribution < -0.4 is 5.32 Å². The maximum absolute atomic E-state index is 10.9. The molecule has 0 fully saturated rings. The van der Waals surface area contributed by atoms with Crippen LogP contribution in [0.5, 0.6) is 0 Å². The quantitative estimate of drug-likeness (QED) is 0.777. The maximum Gasteiger partial charge on any atom is 0.217 e. The summed E-state index contributed by atoms with van der Waals surface area (Å²) in [6.07, 6.45) is 0. The van der Waals surface area contributed by atoms with E-state index in [1.807, 2.05) is 29.6 Å². The number of H-pyrrole nitrogens is 1. The second-order valence-electron chi connectivity index (χ2n) is 4.51. The molecule has 3 aromatic rings. The van der Waals surface area contributed by atoms with E-state index in [2.05, 4.69) is 14.7 Å². The molecule has 6 heteroatoms. The van der Waals surface area contributed by atoms with Crippen molar-refractivity contribution in [3.63, 3.8) is 0 Å². The molecule has 2 heterocycles. The van der Waals surface area contributed by atoms with Gasteiger partial charge in [-0.2, -0.15) is 4.37 Å². The Hall–Kier alpha value is -1.85. The average Bonchev–Trinajstić information content (AvgIpc) is 3.03.